The zero-order chi connectivity index (χ0) is 23.3. The van der Waals surface area contributed by atoms with Crippen LogP contribution >= 0.6 is 11.3 Å². The minimum Gasteiger partial charge on any atom is -0.465 e. The van der Waals surface area contributed by atoms with Gasteiger partial charge in [0.1, 0.15) is 6.54 Å². The molecule has 0 aliphatic carbocycles. The number of ether oxygens (including phenoxy) is 1. The third-order valence-electron chi connectivity index (χ3n) is 4.82. The molecule has 1 amide bonds. The number of sulfonamides is 1. The van der Waals surface area contributed by atoms with E-state index in [1.165, 1.54) is 39.9 Å². The monoisotopic (exact) mass is 475 g/mol. The number of fused-ring (bicyclic) bond motifs is 1. The standard InChI is InChI=1S/C22H25N3O5S2/c1-4-24(5-2)32(28,29)17-13-11-16(12-14-17)21(27)23-22-25(15-20(26)30-6-3)18-9-7-8-10-19(18)31-22/h7-14H,4-6,15H2,1-3H3. The Labute approximate surface area is 190 Å². The van der Waals surface area contributed by atoms with Crippen molar-refractivity contribution >= 4 is 43.5 Å². The lowest BCUT2D eigenvalue weighted by molar-refractivity contribution is -0.143. The molecule has 2 aromatic carbocycles. The lowest BCUT2D eigenvalue weighted by Gasteiger charge is -2.18. The van der Waals surface area contributed by atoms with Gasteiger partial charge >= 0.3 is 5.97 Å². The average molecular weight is 476 g/mol. The summed E-state index contributed by atoms with van der Waals surface area (Å²) in [4.78, 5) is 29.6. The number of rotatable bonds is 8. The van der Waals surface area contributed by atoms with E-state index in [1.807, 2.05) is 24.3 Å². The van der Waals surface area contributed by atoms with Crippen molar-refractivity contribution in [2.75, 3.05) is 19.7 Å². The van der Waals surface area contributed by atoms with Crippen LogP contribution in [0, 0.1) is 0 Å². The first kappa shape index (κ1) is 23.8. The highest BCUT2D eigenvalue weighted by molar-refractivity contribution is 7.89. The van der Waals surface area contributed by atoms with E-state index < -0.39 is 21.9 Å². The number of esters is 1. The Kier molecular flexibility index (Phi) is 7.60. The molecular formula is C22H25N3O5S2. The molecule has 0 spiro atoms. The van der Waals surface area contributed by atoms with E-state index in [0.717, 1.165) is 10.2 Å². The number of amides is 1. The Morgan fingerprint density at radius 2 is 1.69 bits per heavy atom. The summed E-state index contributed by atoms with van der Waals surface area (Å²) in [7, 11) is -3.61. The maximum absolute atomic E-state index is 12.8. The SMILES string of the molecule is CCOC(=O)Cn1c(=NC(=O)c2ccc(S(=O)(=O)N(CC)CC)cc2)sc2ccccc21. The highest BCUT2D eigenvalue weighted by atomic mass is 32.2. The van der Waals surface area contributed by atoms with Gasteiger partial charge in [-0.15, -0.1) is 0 Å². The second-order valence-corrected chi connectivity index (χ2v) is 9.72. The van der Waals surface area contributed by atoms with Gasteiger partial charge in [-0.1, -0.05) is 37.3 Å². The van der Waals surface area contributed by atoms with Crippen molar-refractivity contribution in [1.82, 2.24) is 8.87 Å². The summed E-state index contributed by atoms with van der Waals surface area (Å²) in [6.45, 7) is 6.19. The summed E-state index contributed by atoms with van der Waals surface area (Å²) in [5, 5.41) is 0. The van der Waals surface area contributed by atoms with E-state index in [1.54, 1.807) is 25.3 Å². The van der Waals surface area contributed by atoms with Crippen LogP contribution in [-0.2, 0) is 26.1 Å². The molecule has 0 atom stereocenters. The Hall–Kier alpha value is -2.82. The van der Waals surface area contributed by atoms with Crippen LogP contribution in [0.25, 0.3) is 10.2 Å². The number of carbonyl (C=O) groups excluding carboxylic acids is 2. The quantitative estimate of drug-likeness (QED) is 0.467. The van der Waals surface area contributed by atoms with Gasteiger partial charge < -0.3 is 9.30 Å². The van der Waals surface area contributed by atoms with Crippen LogP contribution in [0.1, 0.15) is 31.1 Å². The molecule has 32 heavy (non-hydrogen) atoms. The van der Waals surface area contributed by atoms with Gasteiger partial charge in [0, 0.05) is 18.7 Å². The number of carbonyl (C=O) groups is 2. The molecule has 0 N–H and O–H groups in total. The first-order valence-electron chi connectivity index (χ1n) is 10.2. The molecule has 0 unspecified atom stereocenters. The Balaban J connectivity index is 1.97. The Morgan fingerprint density at radius 1 is 1.03 bits per heavy atom. The largest absolute Gasteiger partial charge is 0.465 e. The van der Waals surface area contributed by atoms with Gasteiger partial charge in [-0.3, -0.25) is 9.59 Å². The first-order chi connectivity index (χ1) is 15.3. The molecule has 170 valence electrons. The lowest BCUT2D eigenvalue weighted by atomic mass is 10.2. The highest BCUT2D eigenvalue weighted by Gasteiger charge is 2.21. The molecular weight excluding hydrogens is 450 g/mol. The first-order valence-corrected chi connectivity index (χ1v) is 12.5. The third kappa shape index (κ3) is 4.98. The molecule has 1 aromatic heterocycles. The maximum atomic E-state index is 12.8. The predicted molar refractivity (Wildman–Crippen MR) is 123 cm³/mol. The van der Waals surface area contributed by atoms with Crippen LogP contribution in [0.5, 0.6) is 0 Å². The number of hydrogen-bond acceptors (Lipinski definition) is 6. The van der Waals surface area contributed by atoms with Gasteiger partial charge in [-0.2, -0.15) is 9.30 Å². The summed E-state index contributed by atoms with van der Waals surface area (Å²) in [6, 6.07) is 13.2. The molecule has 0 saturated carbocycles. The van der Waals surface area contributed by atoms with Crippen LogP contribution in [0.2, 0.25) is 0 Å². The topological polar surface area (TPSA) is 98.0 Å². The van der Waals surface area contributed by atoms with E-state index >= 15 is 0 Å². The van der Waals surface area contributed by atoms with Crippen LogP contribution in [-0.4, -0.2) is 48.9 Å². The number of hydrogen-bond donors (Lipinski definition) is 0. The fraction of sp³-hybridized carbons (Fsp3) is 0.318. The van der Waals surface area contributed by atoms with Crippen molar-refractivity contribution in [2.24, 2.45) is 4.99 Å². The second kappa shape index (κ2) is 10.2. The molecule has 0 aliphatic rings. The molecule has 3 aromatic rings. The summed E-state index contributed by atoms with van der Waals surface area (Å²) in [5.41, 5.74) is 1.03. The number of benzene rings is 2. The summed E-state index contributed by atoms with van der Waals surface area (Å²) in [6.07, 6.45) is 0. The smallest absolute Gasteiger partial charge is 0.326 e. The summed E-state index contributed by atoms with van der Waals surface area (Å²) < 4.78 is 34.2. The Morgan fingerprint density at radius 3 is 2.31 bits per heavy atom. The zero-order valence-electron chi connectivity index (χ0n) is 18.1. The molecule has 0 saturated heterocycles. The van der Waals surface area contributed by atoms with Gasteiger partial charge in [0.05, 0.1) is 21.7 Å². The van der Waals surface area contributed by atoms with E-state index in [2.05, 4.69) is 4.99 Å². The summed E-state index contributed by atoms with van der Waals surface area (Å²) >= 11 is 1.29. The number of para-hydroxylation sites is 1. The fourth-order valence-corrected chi connectivity index (χ4v) is 5.71. The second-order valence-electron chi connectivity index (χ2n) is 6.77. The van der Waals surface area contributed by atoms with Crippen molar-refractivity contribution in [3.8, 4) is 0 Å². The van der Waals surface area contributed by atoms with E-state index in [0.29, 0.717) is 17.9 Å². The number of thiazole rings is 1. The lowest BCUT2D eigenvalue weighted by Crippen LogP contribution is -2.30. The van der Waals surface area contributed by atoms with Gasteiger partial charge in [-0.05, 0) is 43.3 Å². The van der Waals surface area contributed by atoms with Crippen molar-refractivity contribution in [3.05, 3.63) is 58.9 Å². The molecule has 0 aliphatic heterocycles. The van der Waals surface area contributed by atoms with Crippen molar-refractivity contribution in [1.29, 1.82) is 0 Å². The normalized spacial score (nSPS) is 12.4. The predicted octanol–water partition coefficient (Wildman–Crippen LogP) is 3.04. The van der Waals surface area contributed by atoms with Crippen molar-refractivity contribution in [2.45, 2.75) is 32.2 Å². The van der Waals surface area contributed by atoms with E-state index in [9.17, 15) is 18.0 Å². The third-order valence-corrected chi connectivity index (χ3v) is 7.95. The van der Waals surface area contributed by atoms with Crippen molar-refractivity contribution < 1.29 is 22.7 Å². The molecule has 10 heteroatoms. The van der Waals surface area contributed by atoms with E-state index in [-0.39, 0.29) is 23.6 Å². The Bertz CT molecular complexity index is 1290. The minimum absolute atomic E-state index is 0.0645. The summed E-state index contributed by atoms with van der Waals surface area (Å²) in [5.74, 6) is -0.947. The van der Waals surface area contributed by atoms with Gasteiger partial charge in [0.25, 0.3) is 5.91 Å². The zero-order valence-corrected chi connectivity index (χ0v) is 19.8. The van der Waals surface area contributed by atoms with E-state index in [4.69, 9.17) is 4.74 Å². The molecule has 1 heterocycles. The maximum Gasteiger partial charge on any atom is 0.326 e. The molecule has 0 bridgehead atoms. The van der Waals surface area contributed by atoms with Crippen LogP contribution in [0.4, 0.5) is 0 Å². The van der Waals surface area contributed by atoms with Crippen LogP contribution < -0.4 is 4.80 Å². The molecule has 3 rings (SSSR count). The van der Waals surface area contributed by atoms with Gasteiger partial charge in [0.2, 0.25) is 10.0 Å². The fourth-order valence-electron chi connectivity index (χ4n) is 3.23. The van der Waals surface area contributed by atoms with Crippen LogP contribution in [0.15, 0.2) is 58.4 Å². The molecule has 0 fully saturated rings. The number of nitrogens with zero attached hydrogens (tertiary/aromatic N) is 3. The molecule has 0 radical (unpaired) electrons. The average Bonchev–Trinajstić information content (AvgIpc) is 3.11. The van der Waals surface area contributed by atoms with Crippen LogP contribution in [0.3, 0.4) is 0 Å². The van der Waals surface area contributed by atoms with Crippen molar-refractivity contribution in [3.63, 3.8) is 0 Å². The van der Waals surface area contributed by atoms with Gasteiger partial charge in [-0.25, -0.2) is 8.42 Å². The van der Waals surface area contributed by atoms with Gasteiger partial charge in [0.15, 0.2) is 4.80 Å². The minimum atomic E-state index is -3.61. The number of aromatic nitrogens is 1. The highest BCUT2D eigenvalue weighted by Crippen LogP contribution is 2.18. The molecule has 8 nitrogen and oxygen atoms in total.